The normalized spacial score (nSPS) is 13.1. The fraction of sp³-hybridized carbons (Fsp3) is 0.533. The highest BCUT2D eigenvalue weighted by Gasteiger charge is 2.37. The lowest BCUT2D eigenvalue weighted by molar-refractivity contribution is 0.249. The zero-order valence-electron chi connectivity index (χ0n) is 12.9. The topological polar surface area (TPSA) is 55.5 Å². The summed E-state index contributed by atoms with van der Waals surface area (Å²) in [7, 11) is -1.77. The molecule has 0 bridgehead atoms. The summed E-state index contributed by atoms with van der Waals surface area (Å²) in [4.78, 5) is 4.27. The maximum Gasteiger partial charge on any atom is 0.192 e. The minimum Gasteiger partial charge on any atom is -0.457 e. The first kappa shape index (κ1) is 15.2. The van der Waals surface area contributed by atoms with Crippen molar-refractivity contribution in [2.75, 3.05) is 0 Å². The average Bonchev–Trinajstić information content (AvgIpc) is 2.76. The van der Waals surface area contributed by atoms with Crippen LogP contribution in [0.25, 0.3) is 11.1 Å². The molecule has 0 amide bonds. The molecule has 0 saturated carbocycles. The first-order valence-electron chi connectivity index (χ1n) is 6.85. The zero-order valence-corrected chi connectivity index (χ0v) is 13.9. The highest BCUT2D eigenvalue weighted by atomic mass is 28.4. The summed E-state index contributed by atoms with van der Waals surface area (Å²) >= 11 is 0. The SMILES string of the molecule is CC(C)(C)[Si](C)(C)OCc1cc2ncc(CO)cc2o1. The van der Waals surface area contributed by atoms with Crippen molar-refractivity contribution in [1.29, 1.82) is 0 Å². The summed E-state index contributed by atoms with van der Waals surface area (Å²) in [6.45, 7) is 11.5. The molecule has 0 atom stereocenters. The Morgan fingerprint density at radius 2 is 2.00 bits per heavy atom. The number of rotatable bonds is 4. The molecule has 0 aliphatic carbocycles. The third kappa shape index (κ3) is 3.11. The summed E-state index contributed by atoms with van der Waals surface area (Å²) in [6.07, 6.45) is 1.66. The van der Waals surface area contributed by atoms with Crippen LogP contribution in [0.4, 0.5) is 0 Å². The van der Waals surface area contributed by atoms with Gasteiger partial charge in [-0.3, -0.25) is 4.98 Å². The second kappa shape index (κ2) is 5.31. The van der Waals surface area contributed by atoms with Crippen molar-refractivity contribution in [2.45, 2.75) is 52.1 Å². The largest absolute Gasteiger partial charge is 0.457 e. The molecule has 0 fully saturated rings. The second-order valence-corrected chi connectivity index (χ2v) is 11.5. The van der Waals surface area contributed by atoms with Gasteiger partial charge in [0.15, 0.2) is 13.9 Å². The van der Waals surface area contributed by atoms with Crippen LogP contribution in [0.1, 0.15) is 32.1 Å². The van der Waals surface area contributed by atoms with E-state index in [0.29, 0.717) is 12.2 Å². The van der Waals surface area contributed by atoms with Crippen molar-refractivity contribution >= 4 is 19.4 Å². The first-order chi connectivity index (χ1) is 9.23. The first-order valence-corrected chi connectivity index (χ1v) is 9.76. The number of aliphatic hydroxyl groups excluding tert-OH is 1. The predicted molar refractivity (Wildman–Crippen MR) is 81.9 cm³/mol. The van der Waals surface area contributed by atoms with E-state index in [2.05, 4.69) is 38.8 Å². The molecule has 0 aliphatic rings. The van der Waals surface area contributed by atoms with Crippen molar-refractivity contribution in [1.82, 2.24) is 4.98 Å². The van der Waals surface area contributed by atoms with E-state index in [-0.39, 0.29) is 11.6 Å². The molecule has 2 aromatic rings. The van der Waals surface area contributed by atoms with Gasteiger partial charge < -0.3 is 13.9 Å². The number of nitrogens with zero attached hydrogens (tertiary/aromatic N) is 1. The van der Waals surface area contributed by atoms with E-state index in [1.165, 1.54) is 0 Å². The summed E-state index contributed by atoms with van der Waals surface area (Å²) in [5.74, 6) is 0.785. The van der Waals surface area contributed by atoms with Crippen LogP contribution < -0.4 is 0 Å². The van der Waals surface area contributed by atoms with Crippen molar-refractivity contribution < 1.29 is 13.9 Å². The number of pyridine rings is 1. The third-order valence-electron chi connectivity index (χ3n) is 4.04. The number of hydrogen-bond donors (Lipinski definition) is 1. The minimum absolute atomic E-state index is 0.0283. The van der Waals surface area contributed by atoms with Crippen LogP contribution in [-0.4, -0.2) is 18.4 Å². The van der Waals surface area contributed by atoms with Gasteiger partial charge in [-0.25, -0.2) is 0 Å². The monoisotopic (exact) mass is 293 g/mol. The lowest BCUT2D eigenvalue weighted by Crippen LogP contribution is -2.40. The predicted octanol–water partition coefficient (Wildman–Crippen LogP) is 3.84. The molecule has 0 saturated heterocycles. The van der Waals surface area contributed by atoms with Crippen molar-refractivity contribution in [2.24, 2.45) is 0 Å². The van der Waals surface area contributed by atoms with Crippen LogP contribution in [0.3, 0.4) is 0 Å². The van der Waals surface area contributed by atoms with Gasteiger partial charge in [0, 0.05) is 12.3 Å². The molecule has 2 aromatic heterocycles. The Morgan fingerprint density at radius 1 is 1.30 bits per heavy atom. The Balaban J connectivity index is 2.15. The Kier molecular flexibility index (Phi) is 4.04. The molecule has 1 N–H and O–H groups in total. The van der Waals surface area contributed by atoms with Gasteiger partial charge in [-0.2, -0.15) is 0 Å². The van der Waals surface area contributed by atoms with Gasteiger partial charge >= 0.3 is 0 Å². The minimum atomic E-state index is -1.77. The van der Waals surface area contributed by atoms with Gasteiger partial charge in [0.1, 0.15) is 11.3 Å². The average molecular weight is 293 g/mol. The molecule has 110 valence electrons. The van der Waals surface area contributed by atoms with E-state index >= 15 is 0 Å². The number of aromatic nitrogens is 1. The number of aliphatic hydroxyl groups is 1. The third-order valence-corrected chi connectivity index (χ3v) is 8.52. The van der Waals surface area contributed by atoms with Crippen molar-refractivity contribution in [3.63, 3.8) is 0 Å². The number of furan rings is 1. The van der Waals surface area contributed by atoms with E-state index in [4.69, 9.17) is 13.9 Å². The molecule has 4 nitrogen and oxygen atoms in total. The molecule has 0 aromatic carbocycles. The summed E-state index contributed by atoms with van der Waals surface area (Å²) in [6, 6.07) is 3.72. The molecular weight excluding hydrogens is 270 g/mol. The maximum atomic E-state index is 9.10. The molecular formula is C15H23NO3Si. The van der Waals surface area contributed by atoms with Crippen LogP contribution in [0.15, 0.2) is 22.7 Å². The van der Waals surface area contributed by atoms with Gasteiger partial charge in [0.2, 0.25) is 0 Å². The lowest BCUT2D eigenvalue weighted by Gasteiger charge is -2.35. The highest BCUT2D eigenvalue weighted by molar-refractivity contribution is 6.74. The Hall–Kier alpha value is -1.17. The van der Waals surface area contributed by atoms with Crippen LogP contribution in [0.2, 0.25) is 18.1 Å². The molecule has 0 aliphatic heterocycles. The molecule has 20 heavy (non-hydrogen) atoms. The molecule has 0 radical (unpaired) electrons. The second-order valence-electron chi connectivity index (χ2n) is 6.65. The Morgan fingerprint density at radius 3 is 2.60 bits per heavy atom. The quantitative estimate of drug-likeness (QED) is 0.870. The van der Waals surface area contributed by atoms with Crippen molar-refractivity contribution in [3.05, 3.63) is 29.7 Å². The summed E-state index contributed by atoms with van der Waals surface area (Å²) in [5.41, 5.74) is 2.25. The Labute approximate surface area is 120 Å². The highest BCUT2D eigenvalue weighted by Crippen LogP contribution is 2.37. The molecule has 0 unspecified atom stereocenters. The summed E-state index contributed by atoms with van der Waals surface area (Å²) in [5, 5.41) is 9.28. The zero-order chi connectivity index (χ0) is 15.0. The lowest BCUT2D eigenvalue weighted by atomic mass is 10.2. The molecule has 0 spiro atoms. The standard InChI is InChI=1S/C15H23NO3Si/c1-15(2,3)20(4,5)18-10-12-7-13-14(19-12)6-11(9-17)8-16-13/h6-8,17H,9-10H2,1-5H3. The van der Waals surface area contributed by atoms with Crippen LogP contribution in [0, 0.1) is 0 Å². The van der Waals surface area contributed by atoms with E-state index in [1.54, 1.807) is 6.20 Å². The molecule has 5 heteroatoms. The number of fused-ring (bicyclic) bond motifs is 1. The summed E-state index contributed by atoms with van der Waals surface area (Å²) < 4.78 is 11.9. The smallest absolute Gasteiger partial charge is 0.192 e. The molecule has 2 heterocycles. The van der Waals surface area contributed by atoms with Crippen LogP contribution in [-0.2, 0) is 17.6 Å². The fourth-order valence-corrected chi connectivity index (χ4v) is 2.57. The number of hydrogen-bond acceptors (Lipinski definition) is 4. The van der Waals surface area contributed by atoms with Gasteiger partial charge in [0.25, 0.3) is 0 Å². The van der Waals surface area contributed by atoms with E-state index in [9.17, 15) is 0 Å². The van der Waals surface area contributed by atoms with Gasteiger partial charge in [0.05, 0.1) is 13.2 Å². The molecule has 2 rings (SSSR count). The van der Waals surface area contributed by atoms with Gasteiger partial charge in [-0.15, -0.1) is 0 Å². The van der Waals surface area contributed by atoms with E-state index in [0.717, 1.165) is 16.8 Å². The maximum absolute atomic E-state index is 9.10. The van der Waals surface area contributed by atoms with Gasteiger partial charge in [-0.1, -0.05) is 20.8 Å². The van der Waals surface area contributed by atoms with E-state index < -0.39 is 8.32 Å². The fourth-order valence-electron chi connectivity index (χ4n) is 1.63. The Bertz CT molecular complexity index is 599. The van der Waals surface area contributed by atoms with Crippen LogP contribution >= 0.6 is 0 Å². The van der Waals surface area contributed by atoms with Crippen molar-refractivity contribution in [3.8, 4) is 0 Å². The van der Waals surface area contributed by atoms with E-state index in [1.807, 2.05) is 12.1 Å². The van der Waals surface area contributed by atoms with Gasteiger partial charge in [-0.05, 0) is 29.8 Å². The van der Waals surface area contributed by atoms with Crippen LogP contribution in [0.5, 0.6) is 0 Å².